The number of hydrogen-bond acceptors (Lipinski definition) is 6. The summed E-state index contributed by atoms with van der Waals surface area (Å²) in [6.07, 6.45) is 0.340. The summed E-state index contributed by atoms with van der Waals surface area (Å²) in [6, 6.07) is 2.94. The smallest absolute Gasteiger partial charge is 0.404 e. The van der Waals surface area contributed by atoms with E-state index in [-0.39, 0.29) is 23.9 Å². The zero-order chi connectivity index (χ0) is 12.9. The number of hydrogen-bond donors (Lipinski definition) is 3. The standard InChI is InChI=1S/C8H12N4O4S/c9-6-2-1-3-11-7(6)17(14,15)12-4-5-16-8(10)13/h1-3,12H,4-5,9H2,(H2,10,13). The molecule has 5 N–H and O–H groups in total. The number of rotatable bonds is 5. The molecule has 0 spiro atoms. The summed E-state index contributed by atoms with van der Waals surface area (Å²) < 4.78 is 29.9. The lowest BCUT2D eigenvalue weighted by molar-refractivity contribution is 0.159. The maximum Gasteiger partial charge on any atom is 0.404 e. The number of anilines is 1. The number of nitrogens with two attached hydrogens (primary N) is 2. The van der Waals surface area contributed by atoms with Crippen molar-refractivity contribution < 1.29 is 17.9 Å². The summed E-state index contributed by atoms with van der Waals surface area (Å²) in [4.78, 5) is 13.9. The zero-order valence-electron chi connectivity index (χ0n) is 8.79. The van der Waals surface area contributed by atoms with Crippen LogP contribution in [0.2, 0.25) is 0 Å². The number of amides is 1. The second-order valence-corrected chi connectivity index (χ2v) is 4.65. The average molecular weight is 260 g/mol. The first kappa shape index (κ1) is 13.2. The maximum atomic E-state index is 11.7. The molecule has 0 aliphatic rings. The van der Waals surface area contributed by atoms with Gasteiger partial charge in [0.15, 0.2) is 5.03 Å². The number of nitrogen functional groups attached to an aromatic ring is 1. The minimum atomic E-state index is -3.81. The van der Waals surface area contributed by atoms with Crippen LogP contribution in [-0.2, 0) is 14.8 Å². The zero-order valence-corrected chi connectivity index (χ0v) is 9.61. The van der Waals surface area contributed by atoms with Gasteiger partial charge in [-0.1, -0.05) is 0 Å². The van der Waals surface area contributed by atoms with Crippen molar-refractivity contribution in [3.05, 3.63) is 18.3 Å². The summed E-state index contributed by atoms with van der Waals surface area (Å²) >= 11 is 0. The molecule has 0 unspecified atom stereocenters. The molecule has 0 saturated carbocycles. The Kier molecular flexibility index (Phi) is 4.24. The van der Waals surface area contributed by atoms with Gasteiger partial charge in [0.1, 0.15) is 6.61 Å². The molecule has 9 heteroatoms. The quantitative estimate of drug-likeness (QED) is 0.583. The Labute approximate surface area is 98.0 Å². The molecular weight excluding hydrogens is 248 g/mol. The molecule has 1 amide bonds. The van der Waals surface area contributed by atoms with Crippen molar-refractivity contribution in [1.29, 1.82) is 0 Å². The van der Waals surface area contributed by atoms with Gasteiger partial charge in [-0.15, -0.1) is 0 Å². The van der Waals surface area contributed by atoms with Gasteiger partial charge in [-0.25, -0.2) is 22.9 Å². The Hall–Kier alpha value is -1.87. The molecule has 0 aromatic carbocycles. The van der Waals surface area contributed by atoms with E-state index in [0.717, 1.165) is 0 Å². The minimum absolute atomic E-state index is 0.0378. The number of sulfonamides is 1. The van der Waals surface area contributed by atoms with Crippen LogP contribution >= 0.6 is 0 Å². The fourth-order valence-corrected chi connectivity index (χ4v) is 2.09. The van der Waals surface area contributed by atoms with E-state index in [1.54, 1.807) is 0 Å². The molecule has 94 valence electrons. The van der Waals surface area contributed by atoms with Crippen molar-refractivity contribution in [3.8, 4) is 0 Å². The molecule has 0 radical (unpaired) electrons. The van der Waals surface area contributed by atoms with E-state index >= 15 is 0 Å². The largest absolute Gasteiger partial charge is 0.448 e. The van der Waals surface area contributed by atoms with Crippen molar-refractivity contribution in [3.63, 3.8) is 0 Å². The third-order valence-electron chi connectivity index (χ3n) is 1.69. The van der Waals surface area contributed by atoms with E-state index < -0.39 is 16.1 Å². The third-order valence-corrected chi connectivity index (χ3v) is 3.13. The molecule has 0 bridgehead atoms. The number of carbonyl (C=O) groups excluding carboxylic acids is 1. The number of aromatic nitrogens is 1. The Morgan fingerprint density at radius 2 is 2.24 bits per heavy atom. The average Bonchev–Trinajstić information content (AvgIpc) is 2.24. The van der Waals surface area contributed by atoms with E-state index in [1.165, 1.54) is 18.3 Å². The van der Waals surface area contributed by atoms with Crippen LogP contribution in [0.5, 0.6) is 0 Å². The topological polar surface area (TPSA) is 137 Å². The third kappa shape index (κ3) is 3.89. The van der Waals surface area contributed by atoms with E-state index in [2.05, 4.69) is 14.4 Å². The highest BCUT2D eigenvalue weighted by molar-refractivity contribution is 7.89. The predicted molar refractivity (Wildman–Crippen MR) is 59.4 cm³/mol. The van der Waals surface area contributed by atoms with E-state index in [4.69, 9.17) is 11.5 Å². The van der Waals surface area contributed by atoms with Crippen LogP contribution in [0.15, 0.2) is 23.4 Å². The number of pyridine rings is 1. The summed E-state index contributed by atoms with van der Waals surface area (Å²) in [5.74, 6) is 0. The van der Waals surface area contributed by atoms with E-state index in [1.807, 2.05) is 0 Å². The van der Waals surface area contributed by atoms with Gasteiger partial charge < -0.3 is 16.2 Å². The van der Waals surface area contributed by atoms with Crippen LogP contribution in [0, 0.1) is 0 Å². The highest BCUT2D eigenvalue weighted by Gasteiger charge is 2.17. The van der Waals surface area contributed by atoms with Crippen LogP contribution < -0.4 is 16.2 Å². The summed E-state index contributed by atoms with van der Waals surface area (Å²) in [6.45, 7) is -0.275. The molecule has 0 atom stereocenters. The number of nitrogens with one attached hydrogen (secondary N) is 1. The first-order valence-electron chi connectivity index (χ1n) is 4.56. The molecule has 1 aromatic heterocycles. The van der Waals surface area contributed by atoms with Crippen LogP contribution in [0.1, 0.15) is 0 Å². The molecule has 8 nitrogen and oxygen atoms in total. The fraction of sp³-hybridized carbons (Fsp3) is 0.250. The second kappa shape index (κ2) is 5.46. The lowest BCUT2D eigenvalue weighted by Crippen LogP contribution is -2.30. The molecule has 0 fully saturated rings. The van der Waals surface area contributed by atoms with Crippen molar-refractivity contribution in [2.75, 3.05) is 18.9 Å². The van der Waals surface area contributed by atoms with Gasteiger partial charge in [-0.3, -0.25) is 0 Å². The lowest BCUT2D eigenvalue weighted by Gasteiger charge is -2.07. The number of ether oxygens (including phenoxy) is 1. The molecule has 0 saturated heterocycles. The monoisotopic (exact) mass is 260 g/mol. The second-order valence-electron chi connectivity index (χ2n) is 2.96. The highest BCUT2D eigenvalue weighted by Crippen LogP contribution is 2.12. The van der Waals surface area contributed by atoms with Crippen LogP contribution in [0.3, 0.4) is 0 Å². The number of carbonyl (C=O) groups is 1. The summed E-state index contributed by atoms with van der Waals surface area (Å²) in [5.41, 5.74) is 10.2. The van der Waals surface area contributed by atoms with Crippen LogP contribution in [0.25, 0.3) is 0 Å². The molecule has 1 heterocycles. The van der Waals surface area contributed by atoms with Gasteiger partial charge >= 0.3 is 6.09 Å². The Balaban J connectivity index is 2.64. The summed E-state index contributed by atoms with van der Waals surface area (Å²) in [5, 5.41) is -0.265. The van der Waals surface area contributed by atoms with Gasteiger partial charge in [0, 0.05) is 12.7 Å². The van der Waals surface area contributed by atoms with E-state index in [0.29, 0.717) is 0 Å². The SMILES string of the molecule is NC(=O)OCCNS(=O)(=O)c1ncccc1N. The van der Waals surface area contributed by atoms with Crippen LogP contribution in [0.4, 0.5) is 10.5 Å². The highest BCUT2D eigenvalue weighted by atomic mass is 32.2. The first-order chi connectivity index (χ1) is 7.93. The Bertz CT molecular complexity index is 502. The molecular formula is C8H12N4O4S. The van der Waals surface area contributed by atoms with Crippen molar-refractivity contribution >= 4 is 21.8 Å². The first-order valence-corrected chi connectivity index (χ1v) is 6.04. The Morgan fingerprint density at radius 1 is 1.53 bits per heavy atom. The van der Waals surface area contributed by atoms with Crippen molar-refractivity contribution in [2.45, 2.75) is 5.03 Å². The van der Waals surface area contributed by atoms with Gasteiger partial charge in [0.25, 0.3) is 10.0 Å². The molecule has 17 heavy (non-hydrogen) atoms. The summed E-state index contributed by atoms with van der Waals surface area (Å²) in [7, 11) is -3.81. The van der Waals surface area contributed by atoms with Gasteiger partial charge in [0.2, 0.25) is 0 Å². The molecule has 1 aromatic rings. The van der Waals surface area contributed by atoms with Crippen molar-refractivity contribution in [1.82, 2.24) is 9.71 Å². The predicted octanol–water partition coefficient (Wildman–Crippen LogP) is -0.963. The van der Waals surface area contributed by atoms with Crippen LogP contribution in [-0.4, -0.2) is 32.6 Å². The number of primary amides is 1. The number of nitrogens with zero attached hydrogens (tertiary/aromatic N) is 1. The fourth-order valence-electron chi connectivity index (χ4n) is 1.02. The lowest BCUT2D eigenvalue weighted by atomic mass is 10.4. The maximum absolute atomic E-state index is 11.7. The normalized spacial score (nSPS) is 11.1. The molecule has 0 aliphatic carbocycles. The van der Waals surface area contributed by atoms with Gasteiger partial charge in [-0.2, -0.15) is 0 Å². The van der Waals surface area contributed by atoms with E-state index in [9.17, 15) is 13.2 Å². The van der Waals surface area contributed by atoms with Crippen molar-refractivity contribution in [2.24, 2.45) is 5.73 Å². The van der Waals surface area contributed by atoms with Gasteiger partial charge in [-0.05, 0) is 12.1 Å². The Morgan fingerprint density at radius 3 is 2.82 bits per heavy atom. The molecule has 0 aliphatic heterocycles. The minimum Gasteiger partial charge on any atom is -0.448 e. The van der Waals surface area contributed by atoms with Gasteiger partial charge in [0.05, 0.1) is 5.69 Å². The molecule has 1 rings (SSSR count).